The van der Waals surface area contributed by atoms with E-state index in [4.69, 9.17) is 0 Å². The van der Waals surface area contributed by atoms with Crippen molar-refractivity contribution in [3.63, 3.8) is 0 Å². The summed E-state index contributed by atoms with van der Waals surface area (Å²) in [4.78, 5) is 0. The van der Waals surface area contributed by atoms with Crippen molar-refractivity contribution in [2.24, 2.45) is 0 Å². The van der Waals surface area contributed by atoms with E-state index in [-0.39, 0.29) is 0 Å². The Balaban J connectivity index is -0.0000000179. The molecule has 220 valence electrons. The minimum atomic E-state index is 1.25. The summed E-state index contributed by atoms with van der Waals surface area (Å²) in [6, 6.07) is 0. The first-order valence-corrected chi connectivity index (χ1v) is 15.6. The van der Waals surface area contributed by atoms with E-state index in [1.807, 2.05) is 0 Å². The van der Waals surface area contributed by atoms with Gasteiger partial charge in [-0.1, -0.05) is 223 Å². The molecule has 0 saturated heterocycles. The Labute approximate surface area is 222 Å². The minimum absolute atomic E-state index is 1.25. The first kappa shape index (κ1) is 69.8. The van der Waals surface area contributed by atoms with Crippen LogP contribution in [0.1, 0.15) is 223 Å². The van der Waals surface area contributed by atoms with Crippen molar-refractivity contribution < 1.29 is 0 Å². The normalized spacial score (nSPS) is 6.00. The van der Waals surface area contributed by atoms with E-state index in [1.54, 1.807) is 0 Å². The van der Waals surface area contributed by atoms with E-state index in [9.17, 15) is 0 Å². The summed E-state index contributed by atoms with van der Waals surface area (Å²) >= 11 is 0. The van der Waals surface area contributed by atoms with Gasteiger partial charge in [-0.05, 0) is 0 Å². The van der Waals surface area contributed by atoms with Gasteiger partial charge in [0.05, 0.1) is 0 Å². The highest BCUT2D eigenvalue weighted by molar-refractivity contribution is 3.95. The highest BCUT2D eigenvalue weighted by Gasteiger charge is 1.38. The highest BCUT2D eigenvalue weighted by atomic mass is 13.5. The lowest BCUT2D eigenvalue weighted by atomic mass is 10.6. The monoisotopic (exact) mass is 485 g/mol. The molecule has 0 unspecified atom stereocenters. The quantitative estimate of drug-likeness (QED) is 0.320. The van der Waals surface area contributed by atoms with E-state index in [2.05, 4.69) is 152 Å². The first-order chi connectivity index (χ1) is 15.6. The predicted molar refractivity (Wildman–Crippen MR) is 176 cm³/mol. The SMILES string of the molecule is CCC.CCC.CCC.CCC.CCC.CCC.CCC.CCC.CCC.CCC.CCC. The third kappa shape index (κ3) is 0. The average molecular weight is 485 g/mol. The Kier molecular flexibility index (Phi) is 538. The molecule has 0 aliphatic heterocycles. The molecule has 0 aliphatic carbocycles. The molecule has 0 saturated carbocycles. The molecule has 0 nitrogen and oxygen atoms in total. The van der Waals surface area contributed by atoms with Crippen LogP contribution >= 0.6 is 0 Å². The summed E-state index contributed by atoms with van der Waals surface area (Å²) < 4.78 is 0. The standard InChI is InChI=1S/11C3H8/c11*1-3-2/h11*3H2,1-2H3. The van der Waals surface area contributed by atoms with Crippen LogP contribution in [-0.2, 0) is 0 Å². The molecule has 0 heteroatoms. The van der Waals surface area contributed by atoms with Crippen LogP contribution in [0.2, 0.25) is 0 Å². The number of hydrogen-bond acceptors (Lipinski definition) is 0. The van der Waals surface area contributed by atoms with Crippen LogP contribution in [0.15, 0.2) is 0 Å². The van der Waals surface area contributed by atoms with Crippen molar-refractivity contribution in [1.29, 1.82) is 0 Å². The van der Waals surface area contributed by atoms with Crippen LogP contribution in [0.25, 0.3) is 0 Å². The lowest BCUT2D eigenvalue weighted by Crippen LogP contribution is -1.27. The molecule has 0 aromatic heterocycles. The van der Waals surface area contributed by atoms with E-state index < -0.39 is 0 Å². The van der Waals surface area contributed by atoms with E-state index >= 15 is 0 Å². The minimum Gasteiger partial charge on any atom is -0.0656 e. The average Bonchev–Trinajstić information content (AvgIpc) is 2.68. The molecule has 33 heavy (non-hydrogen) atoms. The van der Waals surface area contributed by atoms with Crippen LogP contribution < -0.4 is 0 Å². The fourth-order valence-corrected chi connectivity index (χ4v) is 0. The number of hydrogen-bond donors (Lipinski definition) is 0. The van der Waals surface area contributed by atoms with Gasteiger partial charge < -0.3 is 0 Å². The zero-order valence-electron chi connectivity index (χ0n) is 29.8. The van der Waals surface area contributed by atoms with Crippen molar-refractivity contribution in [1.82, 2.24) is 0 Å². The van der Waals surface area contributed by atoms with Gasteiger partial charge in [-0.25, -0.2) is 0 Å². The maximum absolute atomic E-state index is 2.12. The van der Waals surface area contributed by atoms with Crippen molar-refractivity contribution in [3.05, 3.63) is 0 Å². The lowest BCUT2D eigenvalue weighted by Gasteiger charge is -1.48. The zero-order chi connectivity index (χ0) is 29.8. The van der Waals surface area contributed by atoms with E-state index in [0.717, 1.165) is 0 Å². The van der Waals surface area contributed by atoms with Crippen molar-refractivity contribution >= 4 is 0 Å². The molecule has 0 bridgehead atoms. The van der Waals surface area contributed by atoms with Crippen LogP contribution in [0.4, 0.5) is 0 Å². The van der Waals surface area contributed by atoms with Crippen molar-refractivity contribution in [3.8, 4) is 0 Å². The summed E-state index contributed by atoms with van der Waals surface area (Å²) in [5.74, 6) is 0. The largest absolute Gasteiger partial charge is 0.0656 e. The first-order valence-electron chi connectivity index (χ1n) is 15.6. The third-order valence-electron chi connectivity index (χ3n) is 0. The lowest BCUT2D eigenvalue weighted by molar-refractivity contribution is 1.09. The molecular formula is C33H88. The summed E-state index contributed by atoms with van der Waals surface area (Å²) in [6.07, 6.45) is 13.8. The Morgan fingerprint density at radius 2 is 0.121 bits per heavy atom. The number of rotatable bonds is 0. The summed E-state index contributed by atoms with van der Waals surface area (Å²) in [5.41, 5.74) is 0. The second-order valence-corrected chi connectivity index (χ2v) is 7.78. The van der Waals surface area contributed by atoms with Gasteiger partial charge in [0, 0.05) is 0 Å². The summed E-state index contributed by atoms with van der Waals surface area (Å²) in [5, 5.41) is 0. The molecule has 0 aliphatic rings. The Bertz CT molecular complexity index is 38.1. The molecular weight excluding hydrogens is 396 g/mol. The second-order valence-electron chi connectivity index (χ2n) is 7.78. The molecule has 0 atom stereocenters. The maximum Gasteiger partial charge on any atom is -0.0590 e. The molecule has 0 aromatic rings. The highest BCUT2D eigenvalue weighted by Crippen LogP contribution is 1.59. The molecule has 0 radical (unpaired) electrons. The third-order valence-corrected chi connectivity index (χ3v) is 0. The van der Waals surface area contributed by atoms with Crippen LogP contribution in [0.3, 0.4) is 0 Å². The van der Waals surface area contributed by atoms with E-state index in [0.29, 0.717) is 0 Å². The Morgan fingerprint density at radius 3 is 0.121 bits per heavy atom. The second kappa shape index (κ2) is 254. The van der Waals surface area contributed by atoms with Gasteiger partial charge in [-0.2, -0.15) is 0 Å². The van der Waals surface area contributed by atoms with Gasteiger partial charge >= 0.3 is 0 Å². The van der Waals surface area contributed by atoms with E-state index in [1.165, 1.54) is 70.6 Å². The van der Waals surface area contributed by atoms with Gasteiger partial charge in [0.2, 0.25) is 0 Å². The van der Waals surface area contributed by atoms with Gasteiger partial charge in [-0.15, -0.1) is 0 Å². The Hall–Kier alpha value is 0. The molecule has 0 aromatic carbocycles. The fourth-order valence-electron chi connectivity index (χ4n) is 0. The molecule has 0 amide bonds. The molecule has 0 fully saturated rings. The van der Waals surface area contributed by atoms with Gasteiger partial charge in [0.15, 0.2) is 0 Å². The topological polar surface area (TPSA) is 0 Å². The Morgan fingerprint density at radius 1 is 0.121 bits per heavy atom. The smallest absolute Gasteiger partial charge is 0.0590 e. The summed E-state index contributed by atoms with van der Waals surface area (Å²) in [7, 11) is 0. The fraction of sp³-hybridized carbons (Fsp3) is 1.00. The van der Waals surface area contributed by atoms with Crippen LogP contribution in [0.5, 0.6) is 0 Å². The van der Waals surface area contributed by atoms with Gasteiger partial charge in [0.25, 0.3) is 0 Å². The molecule has 0 rings (SSSR count). The molecule has 0 spiro atoms. The van der Waals surface area contributed by atoms with Crippen molar-refractivity contribution in [2.45, 2.75) is 223 Å². The van der Waals surface area contributed by atoms with Gasteiger partial charge in [-0.3, -0.25) is 0 Å². The molecule has 0 heterocycles. The molecule has 0 N–H and O–H groups in total. The summed E-state index contributed by atoms with van der Waals surface area (Å²) in [6.45, 7) is 46.8. The van der Waals surface area contributed by atoms with Crippen LogP contribution in [-0.4, -0.2) is 0 Å². The zero-order valence-corrected chi connectivity index (χ0v) is 29.8. The van der Waals surface area contributed by atoms with Gasteiger partial charge in [0.1, 0.15) is 0 Å². The van der Waals surface area contributed by atoms with Crippen LogP contribution in [0, 0.1) is 0 Å². The van der Waals surface area contributed by atoms with Crippen molar-refractivity contribution in [2.75, 3.05) is 0 Å². The predicted octanol–water partition coefficient (Wildman–Crippen LogP) is 15.6. The maximum atomic E-state index is 2.12.